The van der Waals surface area contributed by atoms with Crippen LogP contribution in [0.15, 0.2) is 18.3 Å². The minimum Gasteiger partial charge on any atom is -0.344 e. The van der Waals surface area contributed by atoms with E-state index in [9.17, 15) is 9.18 Å². The van der Waals surface area contributed by atoms with Gasteiger partial charge in [-0.2, -0.15) is 0 Å². The molecule has 10 heteroatoms. The third-order valence-corrected chi connectivity index (χ3v) is 4.90. The molecule has 0 radical (unpaired) electrons. The monoisotopic (exact) mass is 421 g/mol. The molecule has 142 valence electrons. The molecule has 3 rings (SSSR count). The summed E-state index contributed by atoms with van der Waals surface area (Å²) in [5.74, 6) is -0.974. The molecule has 2 heterocycles. The lowest BCUT2D eigenvalue weighted by molar-refractivity contribution is 0.0934. The number of aromatic nitrogens is 3. The first-order valence-corrected chi connectivity index (χ1v) is 8.79. The molecule has 1 fully saturated rings. The number of carbonyl (C=O) groups is 1. The molecule has 2 N–H and O–H groups in total. The van der Waals surface area contributed by atoms with Crippen molar-refractivity contribution in [2.45, 2.75) is 31.8 Å². The van der Waals surface area contributed by atoms with Gasteiger partial charge in [-0.25, -0.2) is 9.07 Å². The third kappa shape index (κ3) is 4.65. The Kier molecular flexibility index (Phi) is 7.23. The van der Waals surface area contributed by atoms with Gasteiger partial charge in [0, 0.05) is 5.02 Å². The van der Waals surface area contributed by atoms with Crippen LogP contribution in [0.5, 0.6) is 0 Å². The fraction of sp³-hybridized carbons (Fsp3) is 0.438. The van der Waals surface area contributed by atoms with Crippen molar-refractivity contribution < 1.29 is 9.18 Å². The van der Waals surface area contributed by atoms with Crippen molar-refractivity contribution in [2.75, 3.05) is 13.1 Å². The zero-order valence-corrected chi connectivity index (χ0v) is 16.3. The Morgan fingerprint density at radius 3 is 2.73 bits per heavy atom. The lowest BCUT2D eigenvalue weighted by Gasteiger charge is -2.22. The van der Waals surface area contributed by atoms with Gasteiger partial charge in [0.1, 0.15) is 5.82 Å². The Bertz CT molecular complexity index is 779. The van der Waals surface area contributed by atoms with Gasteiger partial charge in [-0.3, -0.25) is 4.79 Å². The van der Waals surface area contributed by atoms with E-state index in [0.29, 0.717) is 5.56 Å². The first kappa shape index (κ1) is 20.9. The van der Waals surface area contributed by atoms with Crippen LogP contribution in [0.3, 0.4) is 0 Å². The highest BCUT2D eigenvalue weighted by Crippen LogP contribution is 2.28. The molecular formula is C16H19Cl3FN5O. The number of halogens is 4. The summed E-state index contributed by atoms with van der Waals surface area (Å²) >= 11 is 11.8. The van der Waals surface area contributed by atoms with Gasteiger partial charge in [0.05, 0.1) is 23.3 Å². The average Bonchev–Trinajstić information content (AvgIpc) is 3.09. The number of nitrogens with one attached hydrogen (secondary N) is 2. The zero-order chi connectivity index (χ0) is 18.0. The number of carbonyl (C=O) groups excluding carboxylic acids is 1. The Morgan fingerprint density at radius 2 is 2.04 bits per heavy atom. The second kappa shape index (κ2) is 8.99. The number of hydrogen-bond acceptors (Lipinski definition) is 4. The number of amides is 1. The maximum atomic E-state index is 13.7. The van der Waals surface area contributed by atoms with Crippen molar-refractivity contribution in [1.82, 2.24) is 25.6 Å². The van der Waals surface area contributed by atoms with Gasteiger partial charge < -0.3 is 10.6 Å². The highest BCUT2D eigenvalue weighted by atomic mass is 35.5. The summed E-state index contributed by atoms with van der Waals surface area (Å²) in [5.41, 5.74) is 0.665. The molecule has 2 aromatic rings. The van der Waals surface area contributed by atoms with Gasteiger partial charge in [-0.15, -0.1) is 17.5 Å². The Hall–Kier alpha value is -1.41. The van der Waals surface area contributed by atoms with Crippen LogP contribution >= 0.6 is 35.6 Å². The zero-order valence-electron chi connectivity index (χ0n) is 14.0. The molecule has 1 unspecified atom stereocenters. The lowest BCUT2D eigenvalue weighted by Crippen LogP contribution is -2.29. The maximum absolute atomic E-state index is 13.7. The van der Waals surface area contributed by atoms with Gasteiger partial charge in [0.2, 0.25) is 0 Å². The van der Waals surface area contributed by atoms with Crippen LogP contribution < -0.4 is 10.6 Å². The van der Waals surface area contributed by atoms with Crippen molar-refractivity contribution in [2.24, 2.45) is 0 Å². The van der Waals surface area contributed by atoms with Crippen molar-refractivity contribution in [3.8, 4) is 0 Å². The molecule has 1 atom stereocenters. The lowest BCUT2D eigenvalue weighted by atomic mass is 10.1. The van der Waals surface area contributed by atoms with E-state index in [-0.39, 0.29) is 40.1 Å². The van der Waals surface area contributed by atoms with Crippen molar-refractivity contribution in [3.05, 3.63) is 45.4 Å². The Morgan fingerprint density at radius 1 is 1.35 bits per heavy atom. The first-order valence-electron chi connectivity index (χ1n) is 8.03. The molecule has 0 aliphatic carbocycles. The molecule has 6 nitrogen and oxygen atoms in total. The van der Waals surface area contributed by atoms with Gasteiger partial charge in [-0.1, -0.05) is 28.4 Å². The van der Waals surface area contributed by atoms with Gasteiger partial charge in [-0.05, 0) is 50.6 Å². The molecule has 1 aliphatic rings. The second-order valence-corrected chi connectivity index (χ2v) is 6.86. The van der Waals surface area contributed by atoms with Gasteiger partial charge in [0.15, 0.2) is 5.69 Å². The molecule has 0 spiro atoms. The average molecular weight is 423 g/mol. The molecule has 1 amide bonds. The van der Waals surface area contributed by atoms with E-state index in [4.69, 9.17) is 23.2 Å². The molecule has 1 aliphatic heterocycles. The predicted octanol–water partition coefficient (Wildman–Crippen LogP) is 3.56. The minimum atomic E-state index is -0.584. The molecule has 0 bridgehead atoms. The number of rotatable bonds is 4. The van der Waals surface area contributed by atoms with E-state index < -0.39 is 11.9 Å². The first-order chi connectivity index (χ1) is 12.0. The van der Waals surface area contributed by atoms with Crippen LogP contribution in [0.2, 0.25) is 10.0 Å². The summed E-state index contributed by atoms with van der Waals surface area (Å²) in [6.07, 6.45) is 3.53. The Balaban J connectivity index is 0.00000243. The fourth-order valence-corrected chi connectivity index (χ4v) is 3.40. The van der Waals surface area contributed by atoms with Crippen LogP contribution in [0, 0.1) is 5.82 Å². The van der Waals surface area contributed by atoms with E-state index >= 15 is 0 Å². The maximum Gasteiger partial charge on any atom is 0.273 e. The van der Waals surface area contributed by atoms with E-state index in [1.54, 1.807) is 17.8 Å². The van der Waals surface area contributed by atoms with Gasteiger partial charge in [0.25, 0.3) is 5.91 Å². The highest BCUT2D eigenvalue weighted by molar-refractivity contribution is 6.35. The Labute approximate surface area is 166 Å². The SMILES string of the molecule is CC(NC(=O)c1cn(C2CCNCC2)nn1)c1cc(F)c(Cl)cc1Cl.Cl. The molecule has 26 heavy (non-hydrogen) atoms. The third-order valence-electron chi connectivity index (χ3n) is 4.28. The smallest absolute Gasteiger partial charge is 0.273 e. The predicted molar refractivity (Wildman–Crippen MR) is 101 cm³/mol. The van der Waals surface area contributed by atoms with Crippen LogP contribution in [0.1, 0.15) is 47.9 Å². The summed E-state index contributed by atoms with van der Waals surface area (Å²) < 4.78 is 15.4. The quantitative estimate of drug-likeness (QED) is 0.739. The van der Waals surface area contributed by atoms with Crippen molar-refractivity contribution in [3.63, 3.8) is 0 Å². The normalized spacial score (nSPS) is 16.0. The minimum absolute atomic E-state index is 0. The summed E-state index contributed by atoms with van der Waals surface area (Å²) in [6, 6.07) is 2.29. The summed E-state index contributed by atoms with van der Waals surface area (Å²) in [7, 11) is 0. The van der Waals surface area contributed by atoms with Crippen LogP contribution in [-0.2, 0) is 0 Å². The molecular weight excluding hydrogens is 404 g/mol. The van der Waals surface area contributed by atoms with Crippen molar-refractivity contribution >= 4 is 41.5 Å². The highest BCUT2D eigenvalue weighted by Gasteiger charge is 2.21. The molecule has 1 aromatic carbocycles. The van der Waals surface area contributed by atoms with Crippen LogP contribution in [-0.4, -0.2) is 34.0 Å². The van der Waals surface area contributed by atoms with Crippen LogP contribution in [0.4, 0.5) is 4.39 Å². The van der Waals surface area contributed by atoms with Crippen LogP contribution in [0.25, 0.3) is 0 Å². The van der Waals surface area contributed by atoms with E-state index in [0.717, 1.165) is 25.9 Å². The topological polar surface area (TPSA) is 71.8 Å². The number of piperidine rings is 1. The number of hydrogen-bond donors (Lipinski definition) is 2. The standard InChI is InChI=1S/C16H18Cl2FN5O.ClH/c1-9(11-6-14(19)13(18)7-12(11)17)21-16(25)15-8-24(23-22-15)10-2-4-20-5-3-10;/h6-10,20H,2-5H2,1H3,(H,21,25);1H. The fourth-order valence-electron chi connectivity index (χ4n) is 2.85. The number of nitrogens with zero attached hydrogens (tertiary/aromatic N) is 3. The van der Waals surface area contributed by atoms with E-state index in [2.05, 4.69) is 20.9 Å². The van der Waals surface area contributed by atoms with Crippen molar-refractivity contribution in [1.29, 1.82) is 0 Å². The largest absolute Gasteiger partial charge is 0.344 e. The molecule has 0 saturated carbocycles. The van der Waals surface area contributed by atoms with E-state index in [1.807, 2.05) is 0 Å². The summed E-state index contributed by atoms with van der Waals surface area (Å²) in [5, 5.41) is 14.3. The second-order valence-electron chi connectivity index (χ2n) is 6.05. The molecule has 1 aromatic heterocycles. The van der Waals surface area contributed by atoms with Gasteiger partial charge >= 0.3 is 0 Å². The van der Waals surface area contributed by atoms with E-state index in [1.165, 1.54) is 12.1 Å². The molecule has 1 saturated heterocycles. The summed E-state index contributed by atoms with van der Waals surface area (Å²) in [4.78, 5) is 12.4. The number of benzene rings is 1. The summed E-state index contributed by atoms with van der Waals surface area (Å²) in [6.45, 7) is 3.55.